The van der Waals surface area contributed by atoms with Gasteiger partial charge in [0, 0.05) is 18.8 Å². The second kappa shape index (κ2) is 29.3. The molecular weight excluding hydrogens is 821 g/mol. The quantitative estimate of drug-likeness (QED) is 0.0318. The zero-order valence-corrected chi connectivity index (χ0v) is 39.2. The van der Waals surface area contributed by atoms with Gasteiger partial charge in [0.15, 0.2) is 0 Å². The fraction of sp³-hybridized carbons (Fsp3) is 0.744. The smallest absolute Gasteiger partial charge is 0.414 e. The SMILES string of the molecule is C=C(NCCCC(N)C(=O)OC)NC(=O)OC(C)(C)C.CCC(C)OC(=O)N[C@@H](CSC)C(=O)NC(CCCN=C(NC(=O)OC(C)(C)C)NC(=O)OC(C)(C)C)C(=O)OC. The van der Waals surface area contributed by atoms with E-state index < -0.39 is 77.1 Å². The Bertz CT molecular complexity index is 1430. The maximum absolute atomic E-state index is 12.9. The molecule has 0 saturated heterocycles. The largest absolute Gasteiger partial charge is 0.468 e. The zero-order chi connectivity index (χ0) is 47.6. The summed E-state index contributed by atoms with van der Waals surface area (Å²) in [5.74, 6) is -1.34. The van der Waals surface area contributed by atoms with Crippen LogP contribution in [0.25, 0.3) is 0 Å². The lowest BCUT2D eigenvalue weighted by molar-refractivity contribution is -0.145. The van der Waals surface area contributed by atoms with Crippen molar-refractivity contribution in [3.05, 3.63) is 12.4 Å². The second-order valence-electron chi connectivity index (χ2n) is 16.3. The van der Waals surface area contributed by atoms with E-state index in [0.29, 0.717) is 31.6 Å². The van der Waals surface area contributed by atoms with Gasteiger partial charge in [0.2, 0.25) is 11.9 Å². The predicted octanol–water partition coefficient (Wildman–Crippen LogP) is 3.94. The maximum atomic E-state index is 12.9. The van der Waals surface area contributed by atoms with Gasteiger partial charge < -0.3 is 50.1 Å². The van der Waals surface area contributed by atoms with E-state index in [9.17, 15) is 33.6 Å². The van der Waals surface area contributed by atoms with Crippen molar-refractivity contribution in [1.29, 1.82) is 0 Å². The number of guanidine groups is 1. The minimum Gasteiger partial charge on any atom is -0.468 e. The van der Waals surface area contributed by atoms with Crippen LogP contribution >= 0.6 is 11.8 Å². The topological polar surface area (TPSA) is 285 Å². The number of thioether (sulfide) groups is 1. The van der Waals surface area contributed by atoms with Gasteiger partial charge in [0.05, 0.1) is 14.2 Å². The molecule has 22 heteroatoms. The summed E-state index contributed by atoms with van der Waals surface area (Å²) in [6, 6.07) is -2.62. The molecule has 0 aromatic carbocycles. The van der Waals surface area contributed by atoms with Crippen LogP contribution in [0.4, 0.5) is 19.2 Å². The fourth-order valence-electron chi connectivity index (χ4n) is 4.15. The third-order valence-corrected chi connectivity index (χ3v) is 7.64. The summed E-state index contributed by atoms with van der Waals surface area (Å²) >= 11 is 1.33. The molecule has 0 aliphatic carbocycles. The van der Waals surface area contributed by atoms with E-state index in [2.05, 4.69) is 48.2 Å². The van der Waals surface area contributed by atoms with E-state index in [1.807, 2.05) is 6.92 Å². The highest BCUT2D eigenvalue weighted by atomic mass is 32.2. The molecule has 352 valence electrons. The predicted molar refractivity (Wildman–Crippen MR) is 231 cm³/mol. The summed E-state index contributed by atoms with van der Waals surface area (Å²) in [5.41, 5.74) is 3.44. The molecule has 0 fully saturated rings. The number of carbonyl (C=O) groups excluding carboxylic acids is 7. The van der Waals surface area contributed by atoms with Crippen molar-refractivity contribution in [2.75, 3.05) is 39.3 Å². The monoisotopic (exact) mass is 892 g/mol. The number of hydrogen-bond donors (Lipinski definition) is 7. The Kier molecular flexibility index (Phi) is 27.9. The molecule has 0 aromatic heterocycles. The van der Waals surface area contributed by atoms with Gasteiger partial charge in [-0.15, -0.1) is 0 Å². The van der Waals surface area contributed by atoms with Gasteiger partial charge in [0.25, 0.3) is 0 Å². The fourth-order valence-corrected chi connectivity index (χ4v) is 4.72. The lowest BCUT2D eigenvalue weighted by Gasteiger charge is -2.22. The van der Waals surface area contributed by atoms with Gasteiger partial charge >= 0.3 is 36.3 Å². The average Bonchev–Trinajstić information content (AvgIpc) is 3.11. The van der Waals surface area contributed by atoms with Crippen molar-refractivity contribution in [2.45, 2.75) is 149 Å². The highest BCUT2D eigenvalue weighted by Gasteiger charge is 2.28. The van der Waals surface area contributed by atoms with Crippen molar-refractivity contribution < 1.29 is 62.0 Å². The van der Waals surface area contributed by atoms with Crippen LogP contribution in [-0.2, 0) is 42.8 Å². The number of methoxy groups -OCH3 is 2. The van der Waals surface area contributed by atoms with Crippen LogP contribution in [0.5, 0.6) is 0 Å². The summed E-state index contributed by atoms with van der Waals surface area (Å²) in [6.07, 6.45) is 0.553. The Balaban J connectivity index is 0. The second-order valence-corrected chi connectivity index (χ2v) is 17.2. The normalized spacial score (nSPS) is 13.0. The molecule has 5 amide bonds. The Hall–Kier alpha value is -4.99. The van der Waals surface area contributed by atoms with Crippen molar-refractivity contribution >= 4 is 59.9 Å². The van der Waals surface area contributed by atoms with Crippen LogP contribution in [0.15, 0.2) is 17.4 Å². The third-order valence-electron chi connectivity index (χ3n) is 6.97. The van der Waals surface area contributed by atoms with Crippen molar-refractivity contribution in [1.82, 2.24) is 31.9 Å². The van der Waals surface area contributed by atoms with Crippen molar-refractivity contribution in [3.8, 4) is 0 Å². The number of nitrogens with zero attached hydrogens (tertiary/aromatic N) is 1. The van der Waals surface area contributed by atoms with Crippen LogP contribution in [0.3, 0.4) is 0 Å². The first-order valence-electron chi connectivity index (χ1n) is 19.7. The molecule has 0 aromatic rings. The Labute approximate surface area is 364 Å². The molecular formula is C39H72N8O13S. The molecule has 0 spiro atoms. The Morgan fingerprint density at radius 3 is 1.64 bits per heavy atom. The number of ether oxygens (including phenoxy) is 6. The van der Waals surface area contributed by atoms with E-state index in [1.54, 1.807) is 75.5 Å². The Morgan fingerprint density at radius 1 is 0.705 bits per heavy atom. The van der Waals surface area contributed by atoms with Gasteiger partial charge in [-0.2, -0.15) is 11.8 Å². The lowest BCUT2D eigenvalue weighted by Crippen LogP contribution is -2.53. The molecule has 61 heavy (non-hydrogen) atoms. The van der Waals surface area contributed by atoms with Gasteiger partial charge in [-0.25, -0.2) is 24.0 Å². The summed E-state index contributed by atoms with van der Waals surface area (Å²) in [6.45, 7) is 23.2. The average molecular weight is 893 g/mol. The number of alkyl carbamates (subject to hydrolysis) is 4. The number of esters is 2. The number of nitrogens with one attached hydrogen (secondary N) is 6. The van der Waals surface area contributed by atoms with Crippen molar-refractivity contribution in [2.24, 2.45) is 10.7 Å². The molecule has 0 bridgehead atoms. The third kappa shape index (κ3) is 32.5. The number of aliphatic imine (C=N–C) groups is 1. The van der Waals surface area contributed by atoms with Gasteiger partial charge in [0.1, 0.15) is 46.9 Å². The highest BCUT2D eigenvalue weighted by Crippen LogP contribution is 2.10. The lowest BCUT2D eigenvalue weighted by atomic mass is 10.1. The van der Waals surface area contributed by atoms with Gasteiger partial charge in [-0.3, -0.25) is 30.5 Å². The summed E-state index contributed by atoms with van der Waals surface area (Å²) in [4.78, 5) is 88.6. The van der Waals surface area contributed by atoms with Crippen LogP contribution in [0.1, 0.15) is 108 Å². The first-order valence-corrected chi connectivity index (χ1v) is 21.1. The number of carbonyl (C=O) groups is 7. The Morgan fingerprint density at radius 2 is 1.20 bits per heavy atom. The molecule has 3 unspecified atom stereocenters. The highest BCUT2D eigenvalue weighted by molar-refractivity contribution is 7.98. The van der Waals surface area contributed by atoms with Gasteiger partial charge in [-0.05, 0) is 108 Å². The number of amides is 5. The standard InChI is InChI=1S/C26H47N5O9S.C13H25N3O4/c1-11-16(2)38-22(34)29-18(15-41-10)19(32)28-17(20(33)37-9)13-12-14-27-21(30-23(35)39-25(3,4)5)31-24(36)40-26(6,7)8;1-9(16-12(18)20-13(2,3)4)15-8-6-7-10(14)11(17)19-5/h16-18H,11-15H2,1-10H3,(H,28,32)(H,29,34)(H2,27,30,31,35,36);10,15H,1,6-8,14H2,2-5H3,(H,16,18)/t16?,17?,18-;/m0./s1. The van der Waals surface area contributed by atoms with E-state index in [4.69, 9.17) is 29.4 Å². The van der Waals surface area contributed by atoms with E-state index in [1.165, 1.54) is 26.0 Å². The first kappa shape index (κ1) is 58.1. The molecule has 0 rings (SSSR count). The number of hydrogen-bond acceptors (Lipinski definition) is 17. The summed E-state index contributed by atoms with van der Waals surface area (Å²) < 4.78 is 30.0. The number of nitrogens with two attached hydrogens (primary N) is 1. The minimum atomic E-state index is -1.04. The molecule has 4 atom stereocenters. The molecule has 0 heterocycles. The van der Waals surface area contributed by atoms with E-state index >= 15 is 0 Å². The minimum absolute atomic E-state index is 0.0397. The van der Waals surface area contributed by atoms with Crippen LogP contribution in [-0.4, -0.2) is 129 Å². The van der Waals surface area contributed by atoms with Crippen LogP contribution < -0.4 is 37.6 Å². The molecule has 8 N–H and O–H groups in total. The molecule has 0 saturated carbocycles. The molecule has 21 nitrogen and oxygen atoms in total. The summed E-state index contributed by atoms with van der Waals surface area (Å²) in [5, 5.41) is 15.2. The van der Waals surface area contributed by atoms with Crippen LogP contribution in [0.2, 0.25) is 0 Å². The number of rotatable bonds is 19. The van der Waals surface area contributed by atoms with E-state index in [0.717, 1.165) is 0 Å². The van der Waals surface area contributed by atoms with Crippen LogP contribution in [0, 0.1) is 0 Å². The molecule has 0 radical (unpaired) electrons. The zero-order valence-electron chi connectivity index (χ0n) is 38.4. The maximum Gasteiger partial charge on any atom is 0.414 e. The molecule has 0 aliphatic rings. The van der Waals surface area contributed by atoms with Crippen molar-refractivity contribution in [3.63, 3.8) is 0 Å². The molecule has 0 aliphatic heterocycles. The summed E-state index contributed by atoms with van der Waals surface area (Å²) in [7, 11) is 2.49. The van der Waals surface area contributed by atoms with E-state index in [-0.39, 0.29) is 37.2 Å². The first-order chi connectivity index (χ1) is 28.1. The van der Waals surface area contributed by atoms with Gasteiger partial charge in [-0.1, -0.05) is 13.5 Å².